The van der Waals surface area contributed by atoms with Crippen LogP contribution in [-0.2, 0) is 9.53 Å². The van der Waals surface area contributed by atoms with Crippen molar-refractivity contribution in [3.8, 4) is 6.07 Å². The van der Waals surface area contributed by atoms with Crippen LogP contribution in [0.15, 0.2) is 47.1 Å². The predicted molar refractivity (Wildman–Crippen MR) is 94.4 cm³/mol. The Balaban J connectivity index is 1.74. The third-order valence-electron chi connectivity index (χ3n) is 5.30. The summed E-state index contributed by atoms with van der Waals surface area (Å²) >= 11 is 0. The molecule has 2 heterocycles. The number of nitrogens with two attached hydrogens (primary N) is 1. The van der Waals surface area contributed by atoms with Gasteiger partial charge in [-0.15, -0.1) is 0 Å². The van der Waals surface area contributed by atoms with Crippen molar-refractivity contribution in [1.82, 2.24) is 0 Å². The second-order valence-electron chi connectivity index (χ2n) is 6.82. The maximum absolute atomic E-state index is 12.5. The molecule has 0 aromatic heterocycles. The van der Waals surface area contributed by atoms with Crippen LogP contribution >= 0.6 is 0 Å². The number of anilines is 1. The number of carbonyl (C=O) groups excluding carboxylic acids is 1. The van der Waals surface area contributed by atoms with E-state index < -0.39 is 5.92 Å². The fourth-order valence-corrected chi connectivity index (χ4v) is 4.04. The summed E-state index contributed by atoms with van der Waals surface area (Å²) < 4.78 is 5.61. The van der Waals surface area contributed by atoms with Crippen LogP contribution in [0, 0.1) is 11.3 Å². The summed E-state index contributed by atoms with van der Waals surface area (Å²) in [6, 6.07) is 10.3. The molecule has 0 unspecified atom stereocenters. The average Bonchev–Trinajstić information content (AvgIpc) is 3.15. The van der Waals surface area contributed by atoms with Crippen molar-refractivity contribution in [2.45, 2.75) is 38.0 Å². The summed E-state index contributed by atoms with van der Waals surface area (Å²) in [6.45, 7) is 2.17. The molecule has 128 valence electrons. The Kier molecular flexibility index (Phi) is 3.96. The van der Waals surface area contributed by atoms with Crippen molar-refractivity contribution in [1.29, 1.82) is 5.26 Å². The first kappa shape index (κ1) is 15.8. The Labute approximate surface area is 147 Å². The molecule has 1 aromatic carbocycles. The second kappa shape index (κ2) is 6.29. The van der Waals surface area contributed by atoms with E-state index in [1.54, 1.807) is 0 Å². The molecule has 5 heteroatoms. The van der Waals surface area contributed by atoms with Gasteiger partial charge in [-0.25, -0.2) is 0 Å². The zero-order chi connectivity index (χ0) is 17.4. The molecule has 4 rings (SSSR count). The van der Waals surface area contributed by atoms with E-state index in [9.17, 15) is 10.1 Å². The Morgan fingerprint density at radius 2 is 1.84 bits per heavy atom. The van der Waals surface area contributed by atoms with Crippen LogP contribution in [0.5, 0.6) is 0 Å². The third-order valence-corrected chi connectivity index (χ3v) is 5.30. The van der Waals surface area contributed by atoms with Gasteiger partial charge in [0.2, 0.25) is 5.88 Å². The van der Waals surface area contributed by atoms with Crippen LogP contribution in [0.25, 0.3) is 0 Å². The Bertz CT molecular complexity index is 808. The topological polar surface area (TPSA) is 79.4 Å². The number of benzene rings is 1. The van der Waals surface area contributed by atoms with Crippen LogP contribution in [0.1, 0.15) is 43.6 Å². The summed E-state index contributed by atoms with van der Waals surface area (Å²) in [4.78, 5) is 14.9. The minimum atomic E-state index is -0.408. The summed E-state index contributed by atoms with van der Waals surface area (Å²) in [6.07, 6.45) is 4.42. The molecule has 0 bridgehead atoms. The Morgan fingerprint density at radius 3 is 2.52 bits per heavy atom. The van der Waals surface area contributed by atoms with Gasteiger partial charge in [-0.2, -0.15) is 5.26 Å². The molecular formula is C20H21N3O2. The van der Waals surface area contributed by atoms with Crippen molar-refractivity contribution in [3.63, 3.8) is 0 Å². The number of carbonyl (C=O) groups is 1. The number of hydrogen-bond acceptors (Lipinski definition) is 5. The fourth-order valence-electron chi connectivity index (χ4n) is 4.04. The number of nitrogens with zero attached hydrogens (tertiary/aromatic N) is 2. The molecule has 1 saturated heterocycles. The first-order valence-corrected chi connectivity index (χ1v) is 8.88. The molecule has 1 fully saturated rings. The summed E-state index contributed by atoms with van der Waals surface area (Å²) in [5.74, 6) is 0.426. The largest absolute Gasteiger partial charge is 0.444 e. The highest BCUT2D eigenvalue weighted by Crippen LogP contribution is 2.43. The van der Waals surface area contributed by atoms with Crippen molar-refractivity contribution in [2.75, 3.05) is 18.0 Å². The first-order chi connectivity index (χ1) is 12.2. The molecule has 1 aromatic rings. The van der Waals surface area contributed by atoms with Gasteiger partial charge in [-0.05, 0) is 37.0 Å². The van der Waals surface area contributed by atoms with Gasteiger partial charge >= 0.3 is 0 Å². The van der Waals surface area contributed by atoms with Gasteiger partial charge in [0.1, 0.15) is 17.4 Å². The van der Waals surface area contributed by atoms with Crippen LogP contribution in [-0.4, -0.2) is 18.9 Å². The van der Waals surface area contributed by atoms with Crippen LogP contribution in [0.2, 0.25) is 0 Å². The number of ether oxygens (including phenoxy) is 1. The van der Waals surface area contributed by atoms with E-state index in [1.165, 1.54) is 18.5 Å². The lowest BCUT2D eigenvalue weighted by Gasteiger charge is -2.31. The van der Waals surface area contributed by atoms with Gasteiger partial charge in [0.15, 0.2) is 5.78 Å². The maximum atomic E-state index is 12.5. The minimum absolute atomic E-state index is 0.0649. The lowest BCUT2D eigenvalue weighted by atomic mass is 9.77. The smallest absolute Gasteiger partial charge is 0.205 e. The molecule has 0 saturated carbocycles. The van der Waals surface area contributed by atoms with Gasteiger partial charge in [-0.1, -0.05) is 12.1 Å². The maximum Gasteiger partial charge on any atom is 0.205 e. The Morgan fingerprint density at radius 1 is 1.12 bits per heavy atom. The molecule has 0 spiro atoms. The molecular weight excluding hydrogens is 314 g/mol. The van der Waals surface area contributed by atoms with Crippen molar-refractivity contribution >= 4 is 11.5 Å². The van der Waals surface area contributed by atoms with Crippen LogP contribution in [0.3, 0.4) is 0 Å². The van der Waals surface area contributed by atoms with Gasteiger partial charge in [0.05, 0.1) is 5.92 Å². The number of nitriles is 1. The van der Waals surface area contributed by atoms with E-state index in [4.69, 9.17) is 10.5 Å². The molecule has 2 aliphatic heterocycles. The highest BCUT2D eigenvalue weighted by molar-refractivity contribution is 5.99. The van der Waals surface area contributed by atoms with Crippen molar-refractivity contribution in [2.24, 2.45) is 5.73 Å². The molecule has 0 radical (unpaired) electrons. The normalized spacial score (nSPS) is 23.4. The molecule has 1 atom stereocenters. The van der Waals surface area contributed by atoms with Crippen LogP contribution in [0.4, 0.5) is 5.69 Å². The van der Waals surface area contributed by atoms with E-state index in [0.717, 1.165) is 25.1 Å². The third kappa shape index (κ3) is 2.68. The number of Topliss-reactive ketones (excluding diaryl/α,β-unsaturated/α-hetero) is 1. The molecule has 3 aliphatic rings. The molecule has 5 nitrogen and oxygen atoms in total. The summed E-state index contributed by atoms with van der Waals surface area (Å²) in [5, 5.41) is 9.59. The quantitative estimate of drug-likeness (QED) is 0.898. The standard InChI is InChI=1S/C20H21N3O2/c21-12-15-18(19-16(24)4-3-5-17(19)25-20(15)22)13-6-8-14(9-7-13)23-10-1-2-11-23/h6-9,18H,1-5,10-11,22H2/t18-/m0/s1. The minimum Gasteiger partial charge on any atom is -0.444 e. The monoisotopic (exact) mass is 335 g/mol. The summed E-state index contributed by atoms with van der Waals surface area (Å²) in [5.41, 5.74) is 9.05. The molecule has 0 amide bonds. The molecule has 2 N–H and O–H groups in total. The average molecular weight is 335 g/mol. The van der Waals surface area contributed by atoms with Gasteiger partial charge in [0.25, 0.3) is 0 Å². The van der Waals surface area contributed by atoms with Crippen LogP contribution < -0.4 is 10.6 Å². The number of rotatable bonds is 2. The van der Waals surface area contributed by atoms with E-state index in [2.05, 4.69) is 23.1 Å². The molecule has 25 heavy (non-hydrogen) atoms. The molecule has 1 aliphatic carbocycles. The van der Waals surface area contributed by atoms with Gasteiger partial charge < -0.3 is 15.4 Å². The van der Waals surface area contributed by atoms with Crippen molar-refractivity contribution < 1.29 is 9.53 Å². The lowest BCUT2D eigenvalue weighted by Crippen LogP contribution is -2.27. The van der Waals surface area contributed by atoms with E-state index >= 15 is 0 Å². The zero-order valence-electron chi connectivity index (χ0n) is 14.1. The number of hydrogen-bond donors (Lipinski definition) is 1. The second-order valence-corrected chi connectivity index (χ2v) is 6.82. The summed E-state index contributed by atoms with van der Waals surface area (Å²) in [7, 11) is 0. The van der Waals surface area contributed by atoms with Crippen molar-refractivity contribution in [3.05, 3.63) is 52.6 Å². The van der Waals surface area contributed by atoms with Gasteiger partial charge in [0, 0.05) is 37.2 Å². The number of allylic oxidation sites excluding steroid dienone is 3. The highest BCUT2D eigenvalue weighted by Gasteiger charge is 2.37. The van der Waals surface area contributed by atoms with E-state index in [-0.39, 0.29) is 11.7 Å². The zero-order valence-corrected chi connectivity index (χ0v) is 14.1. The first-order valence-electron chi connectivity index (χ1n) is 8.88. The van der Waals surface area contributed by atoms with E-state index in [1.807, 2.05) is 12.1 Å². The highest BCUT2D eigenvalue weighted by atomic mass is 16.5. The predicted octanol–water partition coefficient (Wildman–Crippen LogP) is 3.10. The Hall–Kier alpha value is -2.74. The van der Waals surface area contributed by atoms with E-state index in [0.29, 0.717) is 29.7 Å². The van der Waals surface area contributed by atoms with Gasteiger partial charge in [-0.3, -0.25) is 4.79 Å². The number of ketones is 1. The fraction of sp³-hybridized carbons (Fsp3) is 0.400. The SMILES string of the molecule is N#CC1=C(N)OC2=C(C(=O)CCC2)[C@H]1c1ccc(N2CCCC2)cc1. The lowest BCUT2D eigenvalue weighted by molar-refractivity contribution is -0.116.